The Hall–Kier alpha value is -2.34. The normalized spacial score (nSPS) is 16.2. The lowest BCUT2D eigenvalue weighted by Gasteiger charge is -2.13. The highest BCUT2D eigenvalue weighted by molar-refractivity contribution is 6.33. The summed E-state index contributed by atoms with van der Waals surface area (Å²) in [5.41, 5.74) is 1.20. The standard InChI is InChI=1S/C16H16ClN3O3/c1-10-14(16(21)23-19-13-8-4-5-9-18-13)15(20-22-10)11-6-2-3-7-12(11)17/h2-3,6-7H,4-5,8-9H2,1H3,(H,18,19). The molecule has 120 valence electrons. The highest BCUT2D eigenvalue weighted by Gasteiger charge is 2.25. The molecule has 7 heteroatoms. The molecule has 1 aliphatic heterocycles. The molecule has 0 saturated carbocycles. The van der Waals surface area contributed by atoms with Gasteiger partial charge in [0.2, 0.25) is 0 Å². The maximum atomic E-state index is 12.4. The number of nitrogens with zero attached hydrogens (tertiary/aromatic N) is 2. The number of hydrogen-bond donors (Lipinski definition) is 1. The van der Waals surface area contributed by atoms with Crippen LogP contribution in [0, 0.1) is 6.92 Å². The number of aryl methyl sites for hydroxylation is 1. The summed E-state index contributed by atoms with van der Waals surface area (Å²) in [5, 5.41) is 11.4. The van der Waals surface area contributed by atoms with E-state index in [1.165, 1.54) is 0 Å². The van der Waals surface area contributed by atoms with Gasteiger partial charge in [-0.2, -0.15) is 0 Å². The molecular formula is C16H16ClN3O3. The fourth-order valence-electron chi connectivity index (χ4n) is 2.41. The van der Waals surface area contributed by atoms with Gasteiger partial charge in [-0.05, 0) is 25.8 Å². The van der Waals surface area contributed by atoms with Crippen molar-refractivity contribution in [3.05, 3.63) is 40.6 Å². The number of rotatable bonds is 3. The Morgan fingerprint density at radius 2 is 2.22 bits per heavy atom. The molecule has 2 heterocycles. The van der Waals surface area contributed by atoms with Crippen molar-refractivity contribution in [1.82, 2.24) is 10.5 Å². The highest BCUT2D eigenvalue weighted by atomic mass is 35.5. The van der Waals surface area contributed by atoms with Gasteiger partial charge in [-0.25, -0.2) is 4.79 Å². The molecule has 0 aliphatic carbocycles. The van der Waals surface area contributed by atoms with E-state index in [-0.39, 0.29) is 5.56 Å². The first-order chi connectivity index (χ1) is 11.2. The van der Waals surface area contributed by atoms with Gasteiger partial charge in [0.25, 0.3) is 0 Å². The number of carbonyl (C=O) groups excluding carboxylic acids is 1. The van der Waals surface area contributed by atoms with Crippen LogP contribution in [0.5, 0.6) is 0 Å². The fourth-order valence-corrected chi connectivity index (χ4v) is 2.63. The zero-order chi connectivity index (χ0) is 16.2. The van der Waals surface area contributed by atoms with Crippen LogP contribution in [0.25, 0.3) is 11.3 Å². The number of carbonyl (C=O) groups is 1. The minimum absolute atomic E-state index is 0.234. The summed E-state index contributed by atoms with van der Waals surface area (Å²) >= 11 is 6.17. The molecule has 1 aromatic carbocycles. The van der Waals surface area contributed by atoms with Crippen molar-refractivity contribution in [3.8, 4) is 11.3 Å². The van der Waals surface area contributed by atoms with Crippen molar-refractivity contribution in [3.63, 3.8) is 0 Å². The van der Waals surface area contributed by atoms with Gasteiger partial charge < -0.3 is 14.7 Å². The summed E-state index contributed by atoms with van der Waals surface area (Å²) in [6, 6.07) is 7.11. The van der Waals surface area contributed by atoms with E-state index < -0.39 is 5.97 Å². The molecule has 0 amide bonds. The summed E-state index contributed by atoms with van der Waals surface area (Å²) in [6.45, 7) is 2.49. The summed E-state index contributed by atoms with van der Waals surface area (Å²) in [6.07, 6.45) is 2.89. The van der Waals surface area contributed by atoms with E-state index in [1.54, 1.807) is 25.1 Å². The molecule has 0 radical (unpaired) electrons. The van der Waals surface area contributed by atoms with E-state index >= 15 is 0 Å². The Labute approximate surface area is 138 Å². The first kappa shape index (κ1) is 15.6. The van der Waals surface area contributed by atoms with Crippen molar-refractivity contribution in [2.75, 3.05) is 6.54 Å². The second-order valence-electron chi connectivity index (χ2n) is 5.24. The van der Waals surface area contributed by atoms with Crippen molar-refractivity contribution in [2.24, 2.45) is 5.16 Å². The number of amidine groups is 1. The summed E-state index contributed by atoms with van der Waals surface area (Å²) in [5.74, 6) is 0.429. The van der Waals surface area contributed by atoms with Crippen LogP contribution in [0.15, 0.2) is 33.9 Å². The van der Waals surface area contributed by atoms with E-state index in [2.05, 4.69) is 15.6 Å². The Balaban J connectivity index is 1.86. The molecule has 6 nitrogen and oxygen atoms in total. The lowest BCUT2D eigenvalue weighted by atomic mass is 10.1. The molecule has 1 N–H and O–H groups in total. The van der Waals surface area contributed by atoms with Gasteiger partial charge in [-0.3, -0.25) is 0 Å². The molecule has 1 fully saturated rings. The van der Waals surface area contributed by atoms with Crippen molar-refractivity contribution < 1.29 is 14.2 Å². The van der Waals surface area contributed by atoms with Gasteiger partial charge in [0.1, 0.15) is 22.9 Å². The molecule has 23 heavy (non-hydrogen) atoms. The van der Waals surface area contributed by atoms with Crippen LogP contribution in [-0.4, -0.2) is 23.5 Å². The van der Waals surface area contributed by atoms with Crippen LogP contribution in [-0.2, 0) is 4.84 Å². The first-order valence-corrected chi connectivity index (χ1v) is 7.78. The molecular weight excluding hydrogens is 318 g/mol. The molecule has 0 unspecified atom stereocenters. The van der Waals surface area contributed by atoms with Crippen LogP contribution >= 0.6 is 11.6 Å². The molecule has 0 spiro atoms. The van der Waals surface area contributed by atoms with Crippen LogP contribution in [0.3, 0.4) is 0 Å². The smallest absolute Gasteiger partial charge is 0.371 e. The molecule has 1 saturated heterocycles. The predicted octanol–water partition coefficient (Wildman–Crippen LogP) is 3.55. The van der Waals surface area contributed by atoms with E-state index in [1.807, 2.05) is 6.07 Å². The minimum Gasteiger partial charge on any atom is -0.371 e. The molecule has 1 aliphatic rings. The van der Waals surface area contributed by atoms with Crippen molar-refractivity contribution >= 4 is 23.4 Å². The number of hydrogen-bond acceptors (Lipinski definition) is 5. The van der Waals surface area contributed by atoms with E-state index in [9.17, 15) is 4.79 Å². The van der Waals surface area contributed by atoms with Gasteiger partial charge >= 0.3 is 5.97 Å². The number of oxime groups is 1. The Kier molecular flexibility index (Phi) is 4.62. The van der Waals surface area contributed by atoms with Crippen LogP contribution in [0.2, 0.25) is 5.02 Å². The van der Waals surface area contributed by atoms with Gasteiger partial charge in [0.15, 0.2) is 0 Å². The van der Waals surface area contributed by atoms with Crippen molar-refractivity contribution in [2.45, 2.75) is 26.2 Å². The Morgan fingerprint density at radius 1 is 1.39 bits per heavy atom. The van der Waals surface area contributed by atoms with Gasteiger partial charge in [-0.1, -0.05) is 40.1 Å². The highest BCUT2D eigenvalue weighted by Crippen LogP contribution is 2.31. The maximum absolute atomic E-state index is 12.4. The van der Waals surface area contributed by atoms with Crippen LogP contribution < -0.4 is 5.32 Å². The molecule has 2 aromatic rings. The average Bonchev–Trinajstić information content (AvgIpc) is 2.95. The number of benzene rings is 1. The third-order valence-electron chi connectivity index (χ3n) is 3.60. The molecule has 0 atom stereocenters. The van der Waals surface area contributed by atoms with Crippen LogP contribution in [0.4, 0.5) is 0 Å². The molecule has 1 aromatic heterocycles. The first-order valence-electron chi connectivity index (χ1n) is 7.40. The third-order valence-corrected chi connectivity index (χ3v) is 3.93. The van der Waals surface area contributed by atoms with E-state index in [0.29, 0.717) is 27.9 Å². The van der Waals surface area contributed by atoms with Gasteiger partial charge in [0, 0.05) is 18.5 Å². The Bertz CT molecular complexity index is 747. The molecule has 3 rings (SSSR count). The summed E-state index contributed by atoms with van der Waals surface area (Å²) in [7, 11) is 0. The third kappa shape index (κ3) is 3.37. The number of aromatic nitrogens is 1. The zero-order valence-electron chi connectivity index (χ0n) is 12.6. The quantitative estimate of drug-likeness (QED) is 0.686. The van der Waals surface area contributed by atoms with Gasteiger partial charge in [-0.15, -0.1) is 0 Å². The van der Waals surface area contributed by atoms with Crippen LogP contribution in [0.1, 0.15) is 35.4 Å². The van der Waals surface area contributed by atoms with Crippen molar-refractivity contribution in [1.29, 1.82) is 0 Å². The summed E-state index contributed by atoms with van der Waals surface area (Å²) in [4.78, 5) is 17.4. The number of halogens is 1. The average molecular weight is 334 g/mol. The second kappa shape index (κ2) is 6.83. The maximum Gasteiger partial charge on any atom is 0.371 e. The predicted molar refractivity (Wildman–Crippen MR) is 86.4 cm³/mol. The second-order valence-corrected chi connectivity index (χ2v) is 5.65. The van der Waals surface area contributed by atoms with Gasteiger partial charge in [0.05, 0.1) is 5.02 Å². The number of piperidine rings is 1. The Morgan fingerprint density at radius 3 is 2.96 bits per heavy atom. The fraction of sp³-hybridized carbons (Fsp3) is 0.312. The monoisotopic (exact) mass is 333 g/mol. The number of nitrogens with one attached hydrogen (secondary N) is 1. The lowest BCUT2D eigenvalue weighted by Crippen LogP contribution is -2.29. The van der Waals surface area contributed by atoms with E-state index in [0.717, 1.165) is 25.8 Å². The summed E-state index contributed by atoms with van der Waals surface area (Å²) < 4.78 is 5.14. The molecule has 0 bridgehead atoms. The largest absolute Gasteiger partial charge is 0.371 e. The minimum atomic E-state index is -0.612. The SMILES string of the molecule is Cc1onc(-c2ccccc2Cl)c1C(=O)O/N=C1/CCCCN1. The lowest BCUT2D eigenvalue weighted by molar-refractivity contribution is 0.0511. The zero-order valence-corrected chi connectivity index (χ0v) is 13.4. The topological polar surface area (TPSA) is 76.7 Å². The van der Waals surface area contributed by atoms with E-state index in [4.69, 9.17) is 21.0 Å².